The third-order valence-corrected chi connectivity index (χ3v) is 6.90. The number of amides is 2. The molecule has 3 aromatic rings. The molecule has 1 aliphatic carbocycles. The number of carbonyl (C=O) groups is 2. The number of halogens is 1. The maximum atomic E-state index is 13.3. The smallest absolute Gasteiger partial charge is 0.258 e. The van der Waals surface area contributed by atoms with Crippen molar-refractivity contribution >= 4 is 45.4 Å². The van der Waals surface area contributed by atoms with E-state index in [9.17, 15) is 9.59 Å². The summed E-state index contributed by atoms with van der Waals surface area (Å²) in [6, 6.07) is 14.6. The Balaban J connectivity index is 1.67. The first-order valence-corrected chi connectivity index (χ1v) is 11.2. The number of carbonyl (C=O) groups excluding carboxylic acids is 2. The molecule has 1 heterocycles. The standard InChI is InChI=1S/C24H23ClN2O2S/c1-14-7-10-16(11-8-14)22(28)27-24-21(17-12-9-15(2)13-20(17)30-24)23(29)26-19-6-4-3-5-18(19)25/h3-8,10-11,15H,9,12-13H2,1-2H3,(H,26,29)(H,27,28)/t15-/m1/s1. The van der Waals surface area contributed by atoms with Crippen LogP contribution in [-0.2, 0) is 12.8 Å². The van der Waals surface area contributed by atoms with E-state index >= 15 is 0 Å². The third-order valence-electron chi connectivity index (χ3n) is 5.40. The molecule has 0 spiro atoms. The van der Waals surface area contributed by atoms with Crippen LogP contribution in [0.3, 0.4) is 0 Å². The lowest BCUT2D eigenvalue weighted by Gasteiger charge is -2.18. The van der Waals surface area contributed by atoms with Gasteiger partial charge in [-0.3, -0.25) is 9.59 Å². The van der Waals surface area contributed by atoms with Gasteiger partial charge in [0.1, 0.15) is 5.00 Å². The summed E-state index contributed by atoms with van der Waals surface area (Å²) in [5.41, 5.74) is 3.82. The van der Waals surface area contributed by atoms with Crippen LogP contribution in [0.5, 0.6) is 0 Å². The van der Waals surface area contributed by atoms with Crippen LogP contribution < -0.4 is 10.6 Å². The first-order chi connectivity index (χ1) is 14.4. The molecule has 4 nitrogen and oxygen atoms in total. The van der Waals surface area contributed by atoms with Crippen LogP contribution in [0.2, 0.25) is 5.02 Å². The van der Waals surface area contributed by atoms with E-state index in [2.05, 4.69) is 17.6 Å². The maximum absolute atomic E-state index is 13.3. The van der Waals surface area contributed by atoms with Crippen molar-refractivity contribution in [2.75, 3.05) is 10.6 Å². The lowest BCUT2D eigenvalue weighted by Crippen LogP contribution is -2.19. The molecule has 6 heteroatoms. The summed E-state index contributed by atoms with van der Waals surface area (Å²) in [7, 11) is 0. The number of rotatable bonds is 4. The molecule has 1 atom stereocenters. The minimum Gasteiger partial charge on any atom is -0.321 e. The summed E-state index contributed by atoms with van der Waals surface area (Å²) in [5.74, 6) is 0.110. The Hall–Kier alpha value is -2.63. The Morgan fingerprint density at radius 2 is 1.77 bits per heavy atom. The van der Waals surface area contributed by atoms with E-state index < -0.39 is 0 Å². The fraction of sp³-hybridized carbons (Fsp3) is 0.250. The van der Waals surface area contributed by atoms with Gasteiger partial charge in [-0.25, -0.2) is 0 Å². The van der Waals surface area contributed by atoms with Gasteiger partial charge < -0.3 is 10.6 Å². The number of thiophene rings is 1. The van der Waals surface area contributed by atoms with E-state index in [1.165, 1.54) is 16.2 Å². The van der Waals surface area contributed by atoms with Gasteiger partial charge in [-0.05, 0) is 61.9 Å². The molecule has 4 rings (SSSR count). The van der Waals surface area contributed by atoms with Crippen molar-refractivity contribution in [2.24, 2.45) is 5.92 Å². The monoisotopic (exact) mass is 438 g/mol. The number of anilines is 2. The highest BCUT2D eigenvalue weighted by atomic mass is 35.5. The van der Waals surface area contributed by atoms with Crippen molar-refractivity contribution in [3.05, 3.63) is 80.7 Å². The van der Waals surface area contributed by atoms with Crippen LogP contribution in [-0.4, -0.2) is 11.8 Å². The minimum atomic E-state index is -0.241. The molecule has 2 aromatic carbocycles. The third kappa shape index (κ3) is 4.27. The van der Waals surface area contributed by atoms with E-state index in [0.717, 1.165) is 30.4 Å². The van der Waals surface area contributed by atoms with E-state index in [1.54, 1.807) is 24.3 Å². The highest BCUT2D eigenvalue weighted by Gasteiger charge is 2.28. The number of hydrogen-bond acceptors (Lipinski definition) is 3. The lowest BCUT2D eigenvalue weighted by molar-refractivity contribution is 0.102. The molecule has 0 aliphatic heterocycles. The second kappa shape index (κ2) is 8.62. The zero-order chi connectivity index (χ0) is 21.3. The van der Waals surface area contributed by atoms with Crippen LogP contribution >= 0.6 is 22.9 Å². The van der Waals surface area contributed by atoms with Crippen LogP contribution in [0.1, 0.15) is 50.1 Å². The van der Waals surface area contributed by atoms with Gasteiger partial charge in [-0.2, -0.15) is 0 Å². The van der Waals surface area contributed by atoms with E-state index in [1.807, 2.05) is 31.2 Å². The summed E-state index contributed by atoms with van der Waals surface area (Å²) in [6.45, 7) is 4.20. The summed E-state index contributed by atoms with van der Waals surface area (Å²) < 4.78 is 0. The van der Waals surface area contributed by atoms with Gasteiger partial charge in [0.25, 0.3) is 11.8 Å². The normalized spacial score (nSPS) is 15.4. The molecule has 1 aliphatic rings. The quantitative estimate of drug-likeness (QED) is 0.499. The van der Waals surface area contributed by atoms with Gasteiger partial charge in [0, 0.05) is 10.4 Å². The molecule has 2 amide bonds. The molecule has 154 valence electrons. The van der Waals surface area contributed by atoms with Crippen molar-refractivity contribution in [2.45, 2.75) is 33.1 Å². The predicted molar refractivity (Wildman–Crippen MR) is 124 cm³/mol. The topological polar surface area (TPSA) is 58.2 Å². The second-order valence-corrected chi connectivity index (χ2v) is 9.32. The van der Waals surface area contributed by atoms with Gasteiger partial charge >= 0.3 is 0 Å². The van der Waals surface area contributed by atoms with Crippen LogP contribution in [0.15, 0.2) is 48.5 Å². The van der Waals surface area contributed by atoms with Crippen LogP contribution in [0, 0.1) is 12.8 Å². The maximum Gasteiger partial charge on any atom is 0.258 e. The van der Waals surface area contributed by atoms with Gasteiger partial charge in [-0.1, -0.05) is 48.4 Å². The van der Waals surface area contributed by atoms with Crippen molar-refractivity contribution in [1.82, 2.24) is 0 Å². The summed E-state index contributed by atoms with van der Waals surface area (Å²) in [6.07, 6.45) is 2.78. The predicted octanol–water partition coefficient (Wildman–Crippen LogP) is 6.34. The lowest BCUT2D eigenvalue weighted by atomic mass is 9.88. The Labute approximate surface area is 185 Å². The molecule has 0 bridgehead atoms. The molecule has 30 heavy (non-hydrogen) atoms. The van der Waals surface area contributed by atoms with Gasteiger partial charge in [0.15, 0.2) is 0 Å². The highest BCUT2D eigenvalue weighted by Crippen LogP contribution is 2.40. The Morgan fingerprint density at radius 3 is 2.50 bits per heavy atom. The first-order valence-electron chi connectivity index (χ1n) is 10.0. The fourth-order valence-electron chi connectivity index (χ4n) is 3.71. The van der Waals surface area contributed by atoms with E-state index in [0.29, 0.717) is 32.8 Å². The molecule has 0 saturated carbocycles. The Morgan fingerprint density at radius 1 is 1.03 bits per heavy atom. The SMILES string of the molecule is Cc1ccc(C(=O)Nc2sc3c(c2C(=O)Nc2ccccc2Cl)CC[C@@H](C)C3)cc1. The molecular formula is C24H23ClN2O2S. The molecule has 0 radical (unpaired) electrons. The van der Waals surface area contributed by atoms with E-state index in [-0.39, 0.29) is 11.8 Å². The number of fused-ring (bicyclic) bond motifs is 1. The summed E-state index contributed by atoms with van der Waals surface area (Å²) in [4.78, 5) is 27.3. The highest BCUT2D eigenvalue weighted by molar-refractivity contribution is 7.17. The second-order valence-electron chi connectivity index (χ2n) is 7.81. The number of nitrogens with one attached hydrogen (secondary N) is 2. The fourth-order valence-corrected chi connectivity index (χ4v) is 5.29. The van der Waals surface area contributed by atoms with Crippen molar-refractivity contribution in [1.29, 1.82) is 0 Å². The Bertz CT molecular complexity index is 1100. The molecule has 0 unspecified atom stereocenters. The van der Waals surface area contributed by atoms with Crippen molar-refractivity contribution in [3.8, 4) is 0 Å². The number of para-hydroxylation sites is 1. The zero-order valence-electron chi connectivity index (χ0n) is 16.9. The van der Waals surface area contributed by atoms with Gasteiger partial charge in [0.05, 0.1) is 16.3 Å². The largest absolute Gasteiger partial charge is 0.321 e. The first kappa shape index (κ1) is 20.6. The molecule has 2 N–H and O–H groups in total. The average Bonchev–Trinajstić information content (AvgIpc) is 3.07. The van der Waals surface area contributed by atoms with Gasteiger partial charge in [0.2, 0.25) is 0 Å². The summed E-state index contributed by atoms with van der Waals surface area (Å²) >= 11 is 7.74. The van der Waals surface area contributed by atoms with Crippen LogP contribution in [0.25, 0.3) is 0 Å². The van der Waals surface area contributed by atoms with Crippen molar-refractivity contribution < 1.29 is 9.59 Å². The number of benzene rings is 2. The van der Waals surface area contributed by atoms with Gasteiger partial charge in [-0.15, -0.1) is 11.3 Å². The number of hydrogen-bond donors (Lipinski definition) is 2. The van der Waals surface area contributed by atoms with Crippen LogP contribution in [0.4, 0.5) is 10.7 Å². The number of aryl methyl sites for hydroxylation is 1. The summed E-state index contributed by atoms with van der Waals surface area (Å²) in [5, 5.41) is 6.99. The average molecular weight is 439 g/mol. The minimum absolute atomic E-state index is 0.214. The van der Waals surface area contributed by atoms with E-state index in [4.69, 9.17) is 11.6 Å². The molecule has 1 aromatic heterocycles. The molecular weight excluding hydrogens is 416 g/mol. The zero-order valence-corrected chi connectivity index (χ0v) is 18.5. The van der Waals surface area contributed by atoms with Crippen molar-refractivity contribution in [3.63, 3.8) is 0 Å². The Kier molecular flexibility index (Phi) is 5.93. The molecule has 0 fully saturated rings. The molecule has 0 saturated heterocycles.